The third-order valence-corrected chi connectivity index (χ3v) is 1.23. The maximum Gasteiger partial charge on any atom is 0.0405 e. The Morgan fingerprint density at radius 3 is 2.10 bits per heavy atom. The van der Waals surface area contributed by atoms with E-state index in [1.54, 1.807) is 24.3 Å². The molecule has 0 spiro atoms. The van der Waals surface area contributed by atoms with Crippen molar-refractivity contribution in [3.8, 4) is 0 Å². The molecule has 2 nitrogen and oxygen atoms in total. The summed E-state index contributed by atoms with van der Waals surface area (Å²) in [7, 11) is 0. The molecular formula is C6H6ClN2Y-. The Labute approximate surface area is 90.0 Å². The van der Waals surface area contributed by atoms with Gasteiger partial charge in [-0.2, -0.15) is 0 Å². The molecule has 0 atom stereocenters. The minimum atomic E-state index is 0. The summed E-state index contributed by atoms with van der Waals surface area (Å²) in [4.78, 5) is 0. The molecule has 0 saturated carbocycles. The first-order chi connectivity index (χ1) is 4.33. The first-order valence-corrected chi connectivity index (χ1v) is 2.87. The summed E-state index contributed by atoms with van der Waals surface area (Å²) >= 11 is 5.59. The summed E-state index contributed by atoms with van der Waals surface area (Å²) in [5.74, 6) is 4.98. The minimum Gasteiger partial charge on any atom is -0.625 e. The number of nitrogens with two attached hydrogens (primary N) is 1. The summed E-state index contributed by atoms with van der Waals surface area (Å²) in [5, 5.41) is 0.697. The monoisotopic (exact) mass is 230 g/mol. The van der Waals surface area contributed by atoms with Gasteiger partial charge in [-0.25, -0.2) is 0 Å². The van der Waals surface area contributed by atoms with Gasteiger partial charge in [-0.3, -0.25) is 0 Å². The van der Waals surface area contributed by atoms with Crippen LogP contribution in [0.3, 0.4) is 0 Å². The van der Waals surface area contributed by atoms with E-state index in [1.807, 2.05) is 0 Å². The van der Waals surface area contributed by atoms with Gasteiger partial charge in [0.1, 0.15) is 0 Å². The van der Waals surface area contributed by atoms with E-state index in [0.29, 0.717) is 5.02 Å². The minimum absolute atomic E-state index is 0. The van der Waals surface area contributed by atoms with Gasteiger partial charge in [-0.05, 0) is 12.1 Å². The first-order valence-electron chi connectivity index (χ1n) is 2.49. The summed E-state index contributed by atoms with van der Waals surface area (Å²) in [6.07, 6.45) is 0. The van der Waals surface area contributed by atoms with E-state index in [2.05, 4.69) is 5.43 Å². The summed E-state index contributed by atoms with van der Waals surface area (Å²) in [6.45, 7) is 0. The van der Waals surface area contributed by atoms with Crippen LogP contribution in [0.5, 0.6) is 0 Å². The van der Waals surface area contributed by atoms with Gasteiger partial charge in [-0.15, -0.1) is 5.69 Å². The van der Waals surface area contributed by atoms with Crippen molar-refractivity contribution in [2.45, 2.75) is 0 Å². The van der Waals surface area contributed by atoms with E-state index in [0.717, 1.165) is 5.69 Å². The molecule has 1 aromatic rings. The maximum absolute atomic E-state index is 5.59. The van der Waals surface area contributed by atoms with Gasteiger partial charge in [0.2, 0.25) is 0 Å². The van der Waals surface area contributed by atoms with Crippen LogP contribution in [0, 0.1) is 0 Å². The van der Waals surface area contributed by atoms with E-state index >= 15 is 0 Å². The van der Waals surface area contributed by atoms with Crippen molar-refractivity contribution in [3.05, 3.63) is 34.7 Å². The normalized spacial score (nSPS) is 8.20. The van der Waals surface area contributed by atoms with E-state index in [9.17, 15) is 0 Å². The van der Waals surface area contributed by atoms with Crippen molar-refractivity contribution in [3.63, 3.8) is 0 Å². The number of hydrogen-bond donors (Lipinski definition) is 1. The molecule has 2 N–H and O–H groups in total. The first kappa shape index (κ1) is 10.4. The van der Waals surface area contributed by atoms with E-state index in [1.165, 1.54) is 0 Å². The van der Waals surface area contributed by atoms with Crippen molar-refractivity contribution < 1.29 is 32.7 Å². The van der Waals surface area contributed by atoms with Crippen LogP contribution in [0.15, 0.2) is 24.3 Å². The molecule has 0 aliphatic carbocycles. The molecule has 51 valence electrons. The number of benzene rings is 1. The maximum atomic E-state index is 5.59. The number of hydrogen-bond acceptors (Lipinski definition) is 1. The van der Waals surface area contributed by atoms with Gasteiger partial charge < -0.3 is 11.3 Å². The predicted molar refractivity (Wildman–Crippen MR) is 38.7 cm³/mol. The molecule has 1 radical (unpaired) electrons. The molecule has 1 aromatic carbocycles. The molecular weight excluding hydrogens is 224 g/mol. The zero-order chi connectivity index (χ0) is 6.69. The van der Waals surface area contributed by atoms with Crippen molar-refractivity contribution in [2.24, 2.45) is 5.84 Å². The number of halogens is 1. The second kappa shape index (κ2) is 5.08. The van der Waals surface area contributed by atoms with E-state index < -0.39 is 0 Å². The third kappa shape index (κ3) is 2.97. The molecule has 0 fully saturated rings. The van der Waals surface area contributed by atoms with Crippen LogP contribution in [0.1, 0.15) is 0 Å². The quantitative estimate of drug-likeness (QED) is 0.583. The Balaban J connectivity index is 0.000000810. The average Bonchev–Trinajstić information content (AvgIpc) is 1.90. The van der Waals surface area contributed by atoms with Crippen LogP contribution in [0.2, 0.25) is 5.02 Å². The molecule has 10 heavy (non-hydrogen) atoms. The molecule has 4 heteroatoms. The smallest absolute Gasteiger partial charge is 0.0405 e. The fraction of sp³-hybridized carbons (Fsp3) is 0. The van der Waals surface area contributed by atoms with Gasteiger partial charge in [0.25, 0.3) is 0 Å². The van der Waals surface area contributed by atoms with Crippen molar-refractivity contribution in [2.75, 3.05) is 0 Å². The molecule has 0 amide bonds. The Bertz CT molecular complexity index is 187. The van der Waals surface area contributed by atoms with Crippen LogP contribution < -0.4 is 5.84 Å². The van der Waals surface area contributed by atoms with Gasteiger partial charge in [0.05, 0.1) is 0 Å². The molecule has 0 heterocycles. The van der Waals surface area contributed by atoms with Crippen LogP contribution in [-0.4, -0.2) is 0 Å². The molecule has 0 aromatic heterocycles. The Kier molecular flexibility index (Phi) is 5.27. The van der Waals surface area contributed by atoms with Crippen molar-refractivity contribution >= 4 is 17.3 Å². The molecule has 0 aliphatic rings. The molecule has 0 bridgehead atoms. The summed E-state index contributed by atoms with van der Waals surface area (Å²) in [5.41, 5.74) is 4.19. The Morgan fingerprint density at radius 1 is 1.20 bits per heavy atom. The van der Waals surface area contributed by atoms with Crippen LogP contribution in [0.25, 0.3) is 5.43 Å². The third-order valence-electron chi connectivity index (χ3n) is 0.976. The molecule has 0 saturated heterocycles. The largest absolute Gasteiger partial charge is 0.625 e. The summed E-state index contributed by atoms with van der Waals surface area (Å²) < 4.78 is 0. The van der Waals surface area contributed by atoms with Crippen LogP contribution in [-0.2, 0) is 32.7 Å². The standard InChI is InChI=1S/C6H6ClN2.Y/c7-5-1-3-6(9-8)4-2-5;/h1-4H,8H2;/q-1;. The van der Waals surface area contributed by atoms with Gasteiger partial charge in [0.15, 0.2) is 0 Å². The predicted octanol–water partition coefficient (Wildman–Crippen LogP) is 2.22. The Morgan fingerprint density at radius 2 is 1.70 bits per heavy atom. The van der Waals surface area contributed by atoms with Crippen molar-refractivity contribution in [1.29, 1.82) is 0 Å². The topological polar surface area (TPSA) is 40.1 Å². The fourth-order valence-electron chi connectivity index (χ4n) is 0.527. The van der Waals surface area contributed by atoms with Gasteiger partial charge >= 0.3 is 0 Å². The molecule has 0 unspecified atom stereocenters. The number of rotatable bonds is 1. The SMILES string of the molecule is N[N-]c1ccc(Cl)cc1.[Y]. The van der Waals surface area contributed by atoms with E-state index in [-0.39, 0.29) is 32.7 Å². The zero-order valence-electron chi connectivity index (χ0n) is 5.29. The molecule has 1 rings (SSSR count). The van der Waals surface area contributed by atoms with Gasteiger partial charge in [-0.1, -0.05) is 23.7 Å². The number of nitrogens with zero attached hydrogens (tertiary/aromatic N) is 1. The second-order valence-electron chi connectivity index (χ2n) is 1.61. The Hall–Kier alpha value is 0.374. The molecule has 0 aliphatic heterocycles. The zero-order valence-corrected chi connectivity index (χ0v) is 8.88. The fourth-order valence-corrected chi connectivity index (χ4v) is 0.653. The summed E-state index contributed by atoms with van der Waals surface area (Å²) in [6, 6.07) is 6.99. The van der Waals surface area contributed by atoms with Crippen LogP contribution >= 0.6 is 11.6 Å². The van der Waals surface area contributed by atoms with Crippen molar-refractivity contribution in [1.82, 2.24) is 0 Å². The van der Waals surface area contributed by atoms with Crippen LogP contribution in [0.4, 0.5) is 5.69 Å². The second-order valence-corrected chi connectivity index (χ2v) is 2.04. The van der Waals surface area contributed by atoms with Gasteiger partial charge in [0, 0.05) is 37.7 Å². The van der Waals surface area contributed by atoms with E-state index in [4.69, 9.17) is 17.4 Å². The average molecular weight is 230 g/mol.